The maximum absolute atomic E-state index is 12.3. The van der Waals surface area contributed by atoms with E-state index < -0.39 is 18.2 Å². The van der Waals surface area contributed by atoms with E-state index in [0.29, 0.717) is 6.42 Å². The van der Waals surface area contributed by atoms with Gasteiger partial charge in [0.05, 0.1) is 31.3 Å². The Kier molecular flexibility index (Phi) is 31.4. The maximum Gasteiger partial charge on any atom is 0.222 e. The largest absolute Gasteiger partial charge is 0.394 e. The van der Waals surface area contributed by atoms with Crippen LogP contribution >= 0.6 is 0 Å². The topological polar surface area (TPSA) is 89.8 Å². The zero-order chi connectivity index (χ0) is 30.9. The van der Waals surface area contributed by atoms with E-state index in [-0.39, 0.29) is 18.9 Å². The van der Waals surface area contributed by atoms with Crippen molar-refractivity contribution >= 4 is 5.91 Å². The van der Waals surface area contributed by atoms with Gasteiger partial charge < -0.3 is 20.6 Å². The standard InChI is InChI=1S/C37H69NO4/c1-3-5-7-9-11-13-15-16-17-18-19-21-22-24-26-28-30-34(40)32-37(42)38-35(33-39)36(41)31-29-27-25-23-20-14-12-10-8-6-4-2/h19-21,23,29,31,34-36,39-41H,3-18,22,24-28,30,32-33H2,1-2H3,(H,38,42)/b21-19-,23-20+,31-29+. The highest BCUT2D eigenvalue weighted by atomic mass is 16.3. The lowest BCUT2D eigenvalue weighted by Gasteiger charge is -2.20. The van der Waals surface area contributed by atoms with E-state index in [9.17, 15) is 20.1 Å². The van der Waals surface area contributed by atoms with Crippen molar-refractivity contribution in [1.82, 2.24) is 5.32 Å². The SMILES string of the molecule is CCCCCCC/C=C/CC/C=C/C(O)C(CO)NC(=O)CC(O)CCCCC/C=C\CCCCCCCCCCC. The van der Waals surface area contributed by atoms with Crippen molar-refractivity contribution in [3.05, 3.63) is 36.5 Å². The number of carbonyl (C=O) groups is 1. The summed E-state index contributed by atoms with van der Waals surface area (Å²) < 4.78 is 0. The molecule has 0 aliphatic carbocycles. The van der Waals surface area contributed by atoms with Crippen LogP contribution in [0.1, 0.15) is 168 Å². The first-order valence-corrected chi connectivity index (χ1v) is 17.8. The van der Waals surface area contributed by atoms with E-state index in [0.717, 1.165) is 44.9 Å². The van der Waals surface area contributed by atoms with Gasteiger partial charge in [0, 0.05) is 0 Å². The van der Waals surface area contributed by atoms with Crippen LogP contribution in [0.4, 0.5) is 0 Å². The van der Waals surface area contributed by atoms with Crippen molar-refractivity contribution in [1.29, 1.82) is 0 Å². The zero-order valence-corrected chi connectivity index (χ0v) is 27.6. The summed E-state index contributed by atoms with van der Waals surface area (Å²) in [6.45, 7) is 4.15. The summed E-state index contributed by atoms with van der Waals surface area (Å²) in [6, 6.07) is -0.762. The average molecular weight is 592 g/mol. The van der Waals surface area contributed by atoms with Gasteiger partial charge in [0.25, 0.3) is 0 Å². The second kappa shape index (κ2) is 32.5. The van der Waals surface area contributed by atoms with Gasteiger partial charge >= 0.3 is 0 Å². The third-order valence-corrected chi connectivity index (χ3v) is 7.90. The highest BCUT2D eigenvalue weighted by Crippen LogP contribution is 2.12. The van der Waals surface area contributed by atoms with Crippen molar-refractivity contribution in [2.24, 2.45) is 0 Å². The smallest absolute Gasteiger partial charge is 0.222 e. The van der Waals surface area contributed by atoms with Gasteiger partial charge in [0.1, 0.15) is 0 Å². The van der Waals surface area contributed by atoms with Crippen LogP contribution < -0.4 is 5.32 Å². The zero-order valence-electron chi connectivity index (χ0n) is 27.6. The summed E-state index contributed by atoms with van der Waals surface area (Å²) in [4.78, 5) is 12.3. The molecule has 0 aromatic carbocycles. The van der Waals surface area contributed by atoms with E-state index in [1.807, 2.05) is 6.08 Å². The number of carbonyl (C=O) groups excluding carboxylic acids is 1. The predicted molar refractivity (Wildman–Crippen MR) is 181 cm³/mol. The fourth-order valence-electron chi connectivity index (χ4n) is 5.11. The third-order valence-electron chi connectivity index (χ3n) is 7.90. The Hall–Kier alpha value is -1.43. The molecule has 0 saturated carbocycles. The number of unbranched alkanes of at least 4 members (excludes halogenated alkanes) is 18. The van der Waals surface area contributed by atoms with E-state index >= 15 is 0 Å². The van der Waals surface area contributed by atoms with Crippen molar-refractivity contribution in [2.45, 2.75) is 186 Å². The summed E-state index contributed by atoms with van der Waals surface area (Å²) in [5.74, 6) is -0.338. The fraction of sp³-hybridized carbons (Fsp3) is 0.811. The number of rotatable bonds is 31. The molecule has 0 radical (unpaired) electrons. The van der Waals surface area contributed by atoms with Crippen molar-refractivity contribution in [3.63, 3.8) is 0 Å². The molecule has 0 rings (SSSR count). The lowest BCUT2D eigenvalue weighted by molar-refractivity contribution is -0.124. The average Bonchev–Trinajstić information content (AvgIpc) is 2.98. The van der Waals surface area contributed by atoms with Gasteiger partial charge in [-0.3, -0.25) is 4.79 Å². The van der Waals surface area contributed by atoms with Crippen molar-refractivity contribution in [3.8, 4) is 0 Å². The van der Waals surface area contributed by atoms with Crippen LogP contribution in [0.3, 0.4) is 0 Å². The van der Waals surface area contributed by atoms with Crippen LogP contribution in [0, 0.1) is 0 Å². The van der Waals surface area contributed by atoms with Gasteiger partial charge in [-0.15, -0.1) is 0 Å². The van der Waals surface area contributed by atoms with Crippen LogP contribution in [-0.4, -0.2) is 46.1 Å². The van der Waals surface area contributed by atoms with Gasteiger partial charge in [-0.2, -0.15) is 0 Å². The van der Waals surface area contributed by atoms with Gasteiger partial charge in [-0.05, 0) is 57.8 Å². The Bertz CT molecular complexity index is 660. The molecule has 0 aromatic heterocycles. The Morgan fingerprint density at radius 1 is 0.595 bits per heavy atom. The van der Waals surface area contributed by atoms with Gasteiger partial charge in [-0.25, -0.2) is 0 Å². The fourth-order valence-corrected chi connectivity index (χ4v) is 5.11. The number of allylic oxidation sites excluding steroid dienone is 5. The molecule has 0 aliphatic heterocycles. The van der Waals surface area contributed by atoms with Gasteiger partial charge in [0.15, 0.2) is 0 Å². The monoisotopic (exact) mass is 592 g/mol. The molecule has 5 nitrogen and oxygen atoms in total. The summed E-state index contributed by atoms with van der Waals surface area (Å²) >= 11 is 0. The van der Waals surface area contributed by atoms with Gasteiger partial charge in [-0.1, -0.05) is 140 Å². The van der Waals surface area contributed by atoms with Crippen LogP contribution in [0.5, 0.6) is 0 Å². The number of aliphatic hydroxyl groups is 3. The van der Waals surface area contributed by atoms with E-state index in [1.54, 1.807) is 6.08 Å². The Balaban J connectivity index is 3.80. The van der Waals surface area contributed by atoms with Crippen LogP contribution in [0.25, 0.3) is 0 Å². The lowest BCUT2D eigenvalue weighted by Crippen LogP contribution is -2.45. The summed E-state index contributed by atoms with van der Waals surface area (Å²) in [5.41, 5.74) is 0. The van der Waals surface area contributed by atoms with E-state index in [2.05, 4.69) is 43.5 Å². The number of amides is 1. The Labute approximate surface area is 260 Å². The molecular formula is C37H69NO4. The first-order valence-electron chi connectivity index (χ1n) is 17.8. The summed E-state index contributed by atoms with van der Waals surface area (Å²) in [5, 5.41) is 32.9. The Morgan fingerprint density at radius 3 is 1.52 bits per heavy atom. The minimum Gasteiger partial charge on any atom is -0.394 e. The maximum atomic E-state index is 12.3. The van der Waals surface area contributed by atoms with Crippen LogP contribution in [0.2, 0.25) is 0 Å². The first-order chi connectivity index (χ1) is 20.5. The molecule has 4 N–H and O–H groups in total. The number of hydrogen-bond donors (Lipinski definition) is 4. The van der Waals surface area contributed by atoms with Gasteiger partial charge in [0.2, 0.25) is 5.91 Å². The second-order valence-corrected chi connectivity index (χ2v) is 12.1. The molecule has 0 bridgehead atoms. The number of aliphatic hydroxyl groups excluding tert-OH is 3. The molecule has 5 heteroatoms. The first kappa shape index (κ1) is 40.6. The highest BCUT2D eigenvalue weighted by molar-refractivity contribution is 5.76. The minimum atomic E-state index is -0.952. The molecule has 0 saturated heterocycles. The Morgan fingerprint density at radius 2 is 1.02 bits per heavy atom. The third kappa shape index (κ3) is 28.7. The minimum absolute atomic E-state index is 0.00514. The molecule has 0 aliphatic rings. The van der Waals surface area contributed by atoms with E-state index in [1.165, 1.54) is 96.3 Å². The van der Waals surface area contributed by atoms with Crippen molar-refractivity contribution in [2.75, 3.05) is 6.61 Å². The molecule has 3 atom stereocenters. The molecule has 0 heterocycles. The molecule has 1 amide bonds. The highest BCUT2D eigenvalue weighted by Gasteiger charge is 2.20. The predicted octanol–water partition coefficient (Wildman–Crippen LogP) is 9.26. The summed E-state index contributed by atoms with van der Waals surface area (Å²) in [7, 11) is 0. The normalized spacial score (nSPS) is 14.3. The van der Waals surface area contributed by atoms with Crippen LogP contribution in [-0.2, 0) is 4.79 Å². The number of nitrogens with one attached hydrogen (secondary N) is 1. The lowest BCUT2D eigenvalue weighted by atomic mass is 10.0. The van der Waals surface area contributed by atoms with Crippen LogP contribution in [0.15, 0.2) is 36.5 Å². The molecule has 0 spiro atoms. The molecule has 42 heavy (non-hydrogen) atoms. The molecule has 3 unspecified atom stereocenters. The number of hydrogen-bond acceptors (Lipinski definition) is 4. The summed E-state index contributed by atoms with van der Waals surface area (Å²) in [6.07, 6.45) is 38.4. The second-order valence-electron chi connectivity index (χ2n) is 12.1. The molecular weight excluding hydrogens is 522 g/mol. The molecule has 246 valence electrons. The molecule has 0 aromatic rings. The quantitative estimate of drug-likeness (QED) is 0.0478. The van der Waals surface area contributed by atoms with Crippen molar-refractivity contribution < 1.29 is 20.1 Å². The molecule has 0 fully saturated rings. The van der Waals surface area contributed by atoms with E-state index in [4.69, 9.17) is 0 Å².